The van der Waals surface area contributed by atoms with Crippen LogP contribution in [0.5, 0.6) is 0 Å². The molecular formula is C37H44N6O3. The second kappa shape index (κ2) is 15.6. The molecule has 0 heterocycles. The van der Waals surface area contributed by atoms with Gasteiger partial charge in [-0.1, -0.05) is 18.2 Å². The van der Waals surface area contributed by atoms with Crippen LogP contribution in [0.25, 0.3) is 0 Å². The molecule has 0 spiro atoms. The first-order valence-corrected chi connectivity index (χ1v) is 15.7. The van der Waals surface area contributed by atoms with Gasteiger partial charge in [-0.2, -0.15) is 0 Å². The molecule has 0 aliphatic heterocycles. The molecule has 0 atom stereocenters. The number of benzene rings is 4. The third-order valence-corrected chi connectivity index (χ3v) is 7.81. The molecule has 0 fully saturated rings. The molecular weight excluding hydrogens is 576 g/mol. The number of anilines is 6. The fourth-order valence-corrected chi connectivity index (χ4v) is 5.24. The largest absolute Gasteiger partial charge is 0.378 e. The highest BCUT2D eigenvalue weighted by atomic mass is 16.2. The van der Waals surface area contributed by atoms with E-state index in [2.05, 4.69) is 53.4 Å². The highest BCUT2D eigenvalue weighted by Crippen LogP contribution is 2.25. The molecule has 0 unspecified atom stereocenters. The van der Waals surface area contributed by atoms with Gasteiger partial charge in [0, 0.05) is 91.1 Å². The van der Waals surface area contributed by atoms with Crippen LogP contribution in [-0.2, 0) is 0 Å². The van der Waals surface area contributed by atoms with Crippen molar-refractivity contribution in [3.63, 3.8) is 0 Å². The summed E-state index contributed by atoms with van der Waals surface area (Å²) in [6.07, 6.45) is 0. The van der Waals surface area contributed by atoms with E-state index >= 15 is 0 Å². The second-order valence-corrected chi connectivity index (χ2v) is 11.1. The average molecular weight is 621 g/mol. The van der Waals surface area contributed by atoms with Crippen LogP contribution in [0.3, 0.4) is 0 Å². The molecule has 46 heavy (non-hydrogen) atoms. The molecule has 3 N–H and O–H groups in total. The van der Waals surface area contributed by atoms with E-state index in [-0.39, 0.29) is 23.3 Å². The van der Waals surface area contributed by atoms with Crippen molar-refractivity contribution < 1.29 is 14.4 Å². The summed E-state index contributed by atoms with van der Waals surface area (Å²) in [6, 6.07) is 27.2. The molecule has 0 saturated carbocycles. The van der Waals surface area contributed by atoms with Gasteiger partial charge in [-0.15, -0.1) is 0 Å². The van der Waals surface area contributed by atoms with Gasteiger partial charge in [0.2, 0.25) is 0 Å². The van der Waals surface area contributed by atoms with Crippen LogP contribution in [0.2, 0.25) is 0 Å². The molecule has 0 aliphatic carbocycles. The summed E-state index contributed by atoms with van der Waals surface area (Å²) in [5.74, 6) is -1.03. The van der Waals surface area contributed by atoms with Crippen LogP contribution in [-0.4, -0.2) is 58.0 Å². The van der Waals surface area contributed by atoms with Crippen LogP contribution >= 0.6 is 0 Å². The third-order valence-electron chi connectivity index (χ3n) is 7.81. The molecule has 4 aromatic rings. The topological polar surface area (TPSA) is 97.0 Å². The van der Waals surface area contributed by atoms with Crippen LogP contribution in [0.1, 0.15) is 58.8 Å². The second-order valence-electron chi connectivity index (χ2n) is 11.1. The Hall–Kier alpha value is -5.31. The fraction of sp³-hybridized carbons (Fsp3) is 0.270. The number of hydrogen-bond acceptors (Lipinski definition) is 6. The molecule has 3 amide bonds. The SMILES string of the molecule is CCN(CC)c1cccc(NC(=O)c2cc(NC(=O)c3cccc(N(C)C)c3)cc(NC(=O)c3cccc(N(CC)CC)c3)c2)c1. The zero-order chi connectivity index (χ0) is 33.2. The number of rotatable bonds is 13. The summed E-state index contributed by atoms with van der Waals surface area (Å²) in [5, 5.41) is 8.82. The molecule has 4 rings (SSSR count). The first kappa shape index (κ1) is 33.6. The molecule has 4 aromatic carbocycles. The predicted molar refractivity (Wildman–Crippen MR) is 191 cm³/mol. The first-order chi connectivity index (χ1) is 22.1. The fourth-order valence-electron chi connectivity index (χ4n) is 5.24. The van der Waals surface area contributed by atoms with Crippen molar-refractivity contribution in [1.29, 1.82) is 0 Å². The van der Waals surface area contributed by atoms with Crippen LogP contribution in [0.4, 0.5) is 34.1 Å². The Kier molecular flexibility index (Phi) is 11.4. The van der Waals surface area contributed by atoms with E-state index in [9.17, 15) is 14.4 Å². The van der Waals surface area contributed by atoms with Crippen LogP contribution in [0.15, 0.2) is 91.0 Å². The van der Waals surface area contributed by atoms with Gasteiger partial charge in [0.05, 0.1) is 0 Å². The lowest BCUT2D eigenvalue weighted by Crippen LogP contribution is -2.22. The Labute approximate surface area is 272 Å². The van der Waals surface area contributed by atoms with Crippen molar-refractivity contribution in [3.05, 3.63) is 108 Å². The van der Waals surface area contributed by atoms with Crippen molar-refractivity contribution in [3.8, 4) is 0 Å². The maximum absolute atomic E-state index is 13.6. The maximum Gasteiger partial charge on any atom is 0.255 e. The minimum Gasteiger partial charge on any atom is -0.378 e. The summed E-state index contributed by atoms with van der Waals surface area (Å²) >= 11 is 0. The van der Waals surface area contributed by atoms with Crippen LogP contribution < -0.4 is 30.7 Å². The third kappa shape index (κ3) is 8.44. The monoisotopic (exact) mass is 620 g/mol. The Morgan fingerprint density at radius 2 is 0.891 bits per heavy atom. The van der Waals surface area contributed by atoms with Gasteiger partial charge in [0.15, 0.2) is 0 Å². The Bertz CT molecular complexity index is 1680. The molecule has 0 radical (unpaired) electrons. The van der Waals surface area contributed by atoms with Crippen molar-refractivity contribution in [2.45, 2.75) is 27.7 Å². The minimum atomic E-state index is -0.374. The van der Waals surface area contributed by atoms with E-state index in [1.165, 1.54) is 0 Å². The summed E-state index contributed by atoms with van der Waals surface area (Å²) < 4.78 is 0. The van der Waals surface area contributed by atoms with Gasteiger partial charge >= 0.3 is 0 Å². The zero-order valence-electron chi connectivity index (χ0n) is 27.6. The molecule has 9 heteroatoms. The van der Waals surface area contributed by atoms with Gasteiger partial charge in [-0.25, -0.2) is 0 Å². The van der Waals surface area contributed by atoms with Gasteiger partial charge in [0.25, 0.3) is 17.7 Å². The van der Waals surface area contributed by atoms with E-state index in [0.29, 0.717) is 28.2 Å². The molecule has 9 nitrogen and oxygen atoms in total. The molecule has 0 aliphatic rings. The molecule has 0 bridgehead atoms. The Morgan fingerprint density at radius 1 is 0.478 bits per heavy atom. The number of hydrogen-bond donors (Lipinski definition) is 3. The summed E-state index contributed by atoms with van der Waals surface area (Å²) in [5.41, 5.74) is 5.45. The zero-order valence-corrected chi connectivity index (χ0v) is 27.6. The van der Waals surface area contributed by atoms with Crippen molar-refractivity contribution in [2.24, 2.45) is 0 Å². The predicted octanol–water partition coefficient (Wildman–Crippen LogP) is 7.20. The van der Waals surface area contributed by atoms with Gasteiger partial charge < -0.3 is 30.7 Å². The lowest BCUT2D eigenvalue weighted by Gasteiger charge is -2.21. The highest BCUT2D eigenvalue weighted by molar-refractivity contribution is 6.10. The van der Waals surface area contributed by atoms with E-state index in [1.807, 2.05) is 73.6 Å². The van der Waals surface area contributed by atoms with Gasteiger partial charge in [0.1, 0.15) is 0 Å². The summed E-state index contributed by atoms with van der Waals surface area (Å²) in [4.78, 5) is 46.6. The lowest BCUT2D eigenvalue weighted by atomic mass is 10.1. The highest BCUT2D eigenvalue weighted by Gasteiger charge is 2.16. The minimum absolute atomic E-state index is 0.278. The van der Waals surface area contributed by atoms with E-state index in [4.69, 9.17) is 0 Å². The number of amides is 3. The van der Waals surface area contributed by atoms with Crippen molar-refractivity contribution in [2.75, 3.05) is 70.9 Å². The van der Waals surface area contributed by atoms with Gasteiger partial charge in [-0.3, -0.25) is 14.4 Å². The van der Waals surface area contributed by atoms with E-state index in [0.717, 1.165) is 43.2 Å². The molecule has 0 aromatic heterocycles. The number of nitrogens with one attached hydrogen (secondary N) is 3. The number of nitrogens with zero attached hydrogens (tertiary/aromatic N) is 3. The Morgan fingerprint density at radius 3 is 1.39 bits per heavy atom. The molecule has 240 valence electrons. The van der Waals surface area contributed by atoms with Crippen LogP contribution in [0, 0.1) is 0 Å². The van der Waals surface area contributed by atoms with Gasteiger partial charge in [-0.05, 0) is 100 Å². The first-order valence-electron chi connectivity index (χ1n) is 15.7. The molecule has 0 saturated heterocycles. The van der Waals surface area contributed by atoms with Crippen molar-refractivity contribution >= 4 is 51.8 Å². The van der Waals surface area contributed by atoms with Crippen molar-refractivity contribution in [1.82, 2.24) is 0 Å². The van der Waals surface area contributed by atoms with E-state index < -0.39 is 0 Å². The number of carbonyl (C=O) groups is 3. The standard InChI is InChI=1S/C37H44N6O3/c1-7-42(8-2)33-18-12-15-27(23-33)36(45)40-31-21-28(37(46)38-29-16-13-19-34(25-29)43(9-3)10-4)20-30(24-31)39-35(44)26-14-11-17-32(22-26)41(5)6/h11-25H,7-10H2,1-6H3,(H,38,46)(H,39,44)(H,40,45). The Balaban J connectivity index is 1.65. The lowest BCUT2D eigenvalue weighted by molar-refractivity contribution is 0.101. The average Bonchev–Trinajstić information content (AvgIpc) is 3.06. The number of carbonyl (C=O) groups excluding carboxylic acids is 3. The quantitative estimate of drug-likeness (QED) is 0.146. The normalized spacial score (nSPS) is 10.6. The smallest absolute Gasteiger partial charge is 0.255 e. The summed E-state index contributed by atoms with van der Waals surface area (Å²) in [7, 11) is 3.81. The van der Waals surface area contributed by atoms with E-state index in [1.54, 1.807) is 36.4 Å². The summed E-state index contributed by atoms with van der Waals surface area (Å²) in [6.45, 7) is 11.6. The maximum atomic E-state index is 13.6.